The second-order valence-corrected chi connectivity index (χ2v) is 3.48. The average molecular weight is 247 g/mol. The van der Waals surface area contributed by atoms with Crippen molar-refractivity contribution in [2.75, 3.05) is 11.4 Å². The molecule has 18 heavy (non-hydrogen) atoms. The first kappa shape index (κ1) is 13.4. The number of carboxylic acid groups (broad SMARTS) is 1. The smallest absolute Gasteiger partial charge is 0.323 e. The van der Waals surface area contributed by atoms with Crippen molar-refractivity contribution in [3.05, 3.63) is 42.5 Å². The number of rotatable bonds is 5. The lowest BCUT2D eigenvalue weighted by Crippen LogP contribution is -2.34. The molecule has 0 aliphatic heterocycles. The fourth-order valence-electron chi connectivity index (χ4n) is 1.36. The molecule has 94 valence electrons. The van der Waals surface area contributed by atoms with Gasteiger partial charge in [-0.2, -0.15) is 0 Å². The number of carboxylic acids is 1. The van der Waals surface area contributed by atoms with Crippen LogP contribution in [-0.2, 0) is 9.59 Å². The zero-order valence-corrected chi connectivity index (χ0v) is 9.59. The van der Waals surface area contributed by atoms with Crippen molar-refractivity contribution in [2.24, 2.45) is 5.73 Å². The third-order valence-electron chi connectivity index (χ3n) is 2.22. The van der Waals surface area contributed by atoms with Gasteiger partial charge in [-0.05, 0) is 30.3 Å². The highest BCUT2D eigenvalue weighted by molar-refractivity contribution is 6.04. The number of hydrogen-bond acceptors (Lipinski definition) is 3. The molecule has 4 N–H and O–H groups in total. The van der Waals surface area contributed by atoms with Crippen molar-refractivity contribution in [2.45, 2.75) is 0 Å². The topological polar surface area (TPSA) is 107 Å². The quantitative estimate of drug-likeness (QED) is 0.401. The molecule has 1 amide bonds. The first-order valence-electron chi connectivity index (χ1n) is 5.06. The van der Waals surface area contributed by atoms with E-state index in [4.69, 9.17) is 16.2 Å². The minimum atomic E-state index is -1.12. The van der Waals surface area contributed by atoms with Crippen LogP contribution in [0.25, 0.3) is 0 Å². The van der Waals surface area contributed by atoms with Gasteiger partial charge in [0.1, 0.15) is 12.4 Å². The number of aliphatic carboxylic acids is 1. The van der Waals surface area contributed by atoms with Crippen LogP contribution < -0.4 is 10.6 Å². The minimum absolute atomic E-state index is 0.0959. The summed E-state index contributed by atoms with van der Waals surface area (Å²) in [6.07, 6.45) is 1.04. The Balaban J connectivity index is 3.05. The number of benzene rings is 1. The number of amides is 1. The molecule has 1 rings (SSSR count). The number of carbonyl (C=O) groups excluding carboxylic acids is 1. The molecule has 0 bridgehead atoms. The van der Waals surface area contributed by atoms with Crippen molar-refractivity contribution in [1.82, 2.24) is 0 Å². The minimum Gasteiger partial charge on any atom is -0.480 e. The number of nitrogens with one attached hydrogen (secondary N) is 1. The molecule has 0 unspecified atom stereocenters. The fraction of sp³-hybridized carbons (Fsp3) is 0.0833. The highest BCUT2D eigenvalue weighted by Crippen LogP contribution is 2.15. The molecule has 0 atom stereocenters. The van der Waals surface area contributed by atoms with Crippen LogP contribution >= 0.6 is 0 Å². The molecule has 6 nitrogen and oxygen atoms in total. The SMILES string of the molecule is C=CC(=O)N(CC(=O)O)c1ccc(C(=N)N)cc1. The molecule has 0 spiro atoms. The maximum absolute atomic E-state index is 11.5. The molecule has 0 radical (unpaired) electrons. The van der Waals surface area contributed by atoms with E-state index >= 15 is 0 Å². The average Bonchev–Trinajstić information content (AvgIpc) is 2.35. The summed E-state index contributed by atoms with van der Waals surface area (Å²) in [6, 6.07) is 6.15. The van der Waals surface area contributed by atoms with Gasteiger partial charge in [-0.15, -0.1) is 0 Å². The van der Waals surface area contributed by atoms with Crippen molar-refractivity contribution in [3.63, 3.8) is 0 Å². The van der Waals surface area contributed by atoms with Crippen LogP contribution in [0.3, 0.4) is 0 Å². The van der Waals surface area contributed by atoms with Gasteiger partial charge < -0.3 is 10.8 Å². The van der Waals surface area contributed by atoms with Crippen LogP contribution in [0.15, 0.2) is 36.9 Å². The number of hydrogen-bond donors (Lipinski definition) is 3. The standard InChI is InChI=1S/C12H13N3O3/c1-2-10(16)15(7-11(17)18)9-5-3-8(4-6-9)12(13)14/h2-6H,1,7H2,(H3,13,14)(H,17,18). The Labute approximate surface area is 104 Å². The predicted molar refractivity (Wildman–Crippen MR) is 67.6 cm³/mol. The molecular weight excluding hydrogens is 234 g/mol. The van der Waals surface area contributed by atoms with Crippen LogP contribution in [0.4, 0.5) is 5.69 Å². The summed E-state index contributed by atoms with van der Waals surface area (Å²) in [6.45, 7) is 2.87. The number of nitrogens with zero attached hydrogens (tertiary/aromatic N) is 1. The summed E-state index contributed by atoms with van der Waals surface area (Å²) >= 11 is 0. The number of carbonyl (C=O) groups is 2. The molecule has 0 aliphatic rings. The van der Waals surface area contributed by atoms with Gasteiger partial charge >= 0.3 is 5.97 Å². The lowest BCUT2D eigenvalue weighted by atomic mass is 10.2. The zero-order chi connectivity index (χ0) is 13.7. The van der Waals surface area contributed by atoms with E-state index in [0.717, 1.165) is 11.0 Å². The Morgan fingerprint density at radius 1 is 1.39 bits per heavy atom. The zero-order valence-electron chi connectivity index (χ0n) is 9.59. The maximum Gasteiger partial charge on any atom is 0.323 e. The Kier molecular flexibility index (Phi) is 4.20. The molecule has 0 aromatic heterocycles. The van der Waals surface area contributed by atoms with Crippen LogP contribution in [0.5, 0.6) is 0 Å². The van der Waals surface area contributed by atoms with Gasteiger partial charge in [0, 0.05) is 11.3 Å². The van der Waals surface area contributed by atoms with Gasteiger partial charge in [0.25, 0.3) is 5.91 Å². The summed E-state index contributed by atoms with van der Waals surface area (Å²) in [5.41, 5.74) is 6.21. The molecule has 1 aromatic rings. The number of nitrogen functional groups attached to an aromatic ring is 1. The monoisotopic (exact) mass is 247 g/mol. The van der Waals surface area contributed by atoms with Gasteiger partial charge in [0.15, 0.2) is 0 Å². The summed E-state index contributed by atoms with van der Waals surface area (Å²) in [5.74, 6) is -1.73. The summed E-state index contributed by atoms with van der Waals surface area (Å²) in [7, 11) is 0. The maximum atomic E-state index is 11.5. The van der Waals surface area contributed by atoms with E-state index < -0.39 is 18.4 Å². The van der Waals surface area contributed by atoms with E-state index in [9.17, 15) is 9.59 Å². The molecular formula is C12H13N3O3. The van der Waals surface area contributed by atoms with Crippen molar-refractivity contribution >= 4 is 23.4 Å². The van der Waals surface area contributed by atoms with E-state index in [1.165, 1.54) is 12.1 Å². The first-order chi connectivity index (χ1) is 8.45. The predicted octanol–water partition coefficient (Wildman–Crippen LogP) is 0.574. The third kappa shape index (κ3) is 3.18. The van der Waals surface area contributed by atoms with Gasteiger partial charge in [-0.25, -0.2) is 0 Å². The van der Waals surface area contributed by atoms with Crippen molar-refractivity contribution in [3.8, 4) is 0 Å². The largest absolute Gasteiger partial charge is 0.480 e. The molecule has 0 heterocycles. The Morgan fingerprint density at radius 3 is 2.33 bits per heavy atom. The molecule has 0 aliphatic carbocycles. The molecule has 0 saturated carbocycles. The lowest BCUT2D eigenvalue weighted by Gasteiger charge is -2.19. The number of anilines is 1. The van der Waals surface area contributed by atoms with E-state index in [-0.39, 0.29) is 5.84 Å². The van der Waals surface area contributed by atoms with Gasteiger partial charge in [0.2, 0.25) is 0 Å². The van der Waals surface area contributed by atoms with Gasteiger partial charge in [-0.1, -0.05) is 6.58 Å². The van der Waals surface area contributed by atoms with Crippen LogP contribution in [-0.4, -0.2) is 29.4 Å². The second kappa shape index (κ2) is 5.62. The van der Waals surface area contributed by atoms with E-state index in [1.54, 1.807) is 12.1 Å². The van der Waals surface area contributed by atoms with Crippen LogP contribution in [0.1, 0.15) is 5.56 Å². The molecule has 0 fully saturated rings. The number of nitrogens with two attached hydrogens (primary N) is 1. The van der Waals surface area contributed by atoms with Crippen LogP contribution in [0, 0.1) is 5.41 Å². The Hall–Kier alpha value is -2.63. The first-order valence-corrected chi connectivity index (χ1v) is 5.06. The summed E-state index contributed by atoms with van der Waals surface area (Å²) in [5, 5.41) is 16.0. The van der Waals surface area contributed by atoms with E-state index in [0.29, 0.717) is 11.3 Å². The third-order valence-corrected chi connectivity index (χ3v) is 2.22. The normalized spacial score (nSPS) is 9.56. The second-order valence-electron chi connectivity index (χ2n) is 3.48. The highest BCUT2D eigenvalue weighted by Gasteiger charge is 2.16. The lowest BCUT2D eigenvalue weighted by molar-refractivity contribution is -0.136. The van der Waals surface area contributed by atoms with Crippen molar-refractivity contribution < 1.29 is 14.7 Å². The highest BCUT2D eigenvalue weighted by atomic mass is 16.4. The number of amidine groups is 1. The fourth-order valence-corrected chi connectivity index (χ4v) is 1.36. The van der Waals surface area contributed by atoms with Crippen molar-refractivity contribution in [1.29, 1.82) is 5.41 Å². The molecule has 0 saturated heterocycles. The van der Waals surface area contributed by atoms with E-state index in [2.05, 4.69) is 6.58 Å². The van der Waals surface area contributed by atoms with E-state index in [1.807, 2.05) is 0 Å². The Bertz CT molecular complexity index is 494. The van der Waals surface area contributed by atoms with Gasteiger partial charge in [0.05, 0.1) is 0 Å². The summed E-state index contributed by atoms with van der Waals surface area (Å²) < 4.78 is 0. The molecule has 6 heteroatoms. The van der Waals surface area contributed by atoms with Crippen LogP contribution in [0.2, 0.25) is 0 Å². The summed E-state index contributed by atoms with van der Waals surface area (Å²) in [4.78, 5) is 23.3. The van der Waals surface area contributed by atoms with Gasteiger partial charge in [-0.3, -0.25) is 19.9 Å². The molecule has 1 aromatic carbocycles. The Morgan fingerprint density at radius 2 is 1.94 bits per heavy atom.